The fraction of sp³-hybridized carbons (Fsp3) is 0.875. The van der Waals surface area contributed by atoms with Crippen LogP contribution in [0.25, 0.3) is 0 Å². The van der Waals surface area contributed by atoms with E-state index >= 15 is 0 Å². The zero-order chi connectivity index (χ0) is 16.3. The molecule has 22 heavy (non-hydrogen) atoms. The summed E-state index contributed by atoms with van der Waals surface area (Å²) in [4.78, 5) is 18.7. The van der Waals surface area contributed by atoms with Gasteiger partial charge in [-0.05, 0) is 46.5 Å². The SMILES string of the molecule is CCN=C(NC1CC1C)N1CCC(NC(=O)OC(C)(C)C)C1. The van der Waals surface area contributed by atoms with E-state index in [2.05, 4.69) is 27.4 Å². The topological polar surface area (TPSA) is 66.0 Å². The zero-order valence-corrected chi connectivity index (χ0v) is 14.5. The van der Waals surface area contributed by atoms with Gasteiger partial charge in [-0.1, -0.05) is 6.92 Å². The van der Waals surface area contributed by atoms with Crippen LogP contribution in [0, 0.1) is 5.92 Å². The molecule has 6 nitrogen and oxygen atoms in total. The van der Waals surface area contributed by atoms with E-state index in [-0.39, 0.29) is 12.1 Å². The second kappa shape index (κ2) is 6.75. The highest BCUT2D eigenvalue weighted by atomic mass is 16.6. The Kier molecular flexibility index (Phi) is 5.19. The number of nitrogens with zero attached hydrogens (tertiary/aromatic N) is 2. The maximum Gasteiger partial charge on any atom is 0.407 e. The Morgan fingerprint density at radius 3 is 2.59 bits per heavy atom. The van der Waals surface area contributed by atoms with Crippen molar-refractivity contribution in [3.63, 3.8) is 0 Å². The minimum Gasteiger partial charge on any atom is -0.444 e. The van der Waals surface area contributed by atoms with Gasteiger partial charge in [0.05, 0.1) is 6.04 Å². The van der Waals surface area contributed by atoms with Crippen molar-refractivity contribution in [1.82, 2.24) is 15.5 Å². The molecule has 0 aromatic carbocycles. The molecule has 1 saturated heterocycles. The van der Waals surface area contributed by atoms with Gasteiger partial charge in [-0.15, -0.1) is 0 Å². The number of aliphatic imine (C=N–C) groups is 1. The van der Waals surface area contributed by atoms with Crippen LogP contribution < -0.4 is 10.6 Å². The first-order chi connectivity index (χ1) is 10.3. The molecule has 1 aliphatic heterocycles. The van der Waals surface area contributed by atoms with Crippen LogP contribution >= 0.6 is 0 Å². The molecular formula is C16H30N4O2. The highest BCUT2D eigenvalue weighted by molar-refractivity contribution is 5.81. The molecule has 126 valence electrons. The Morgan fingerprint density at radius 2 is 2.05 bits per heavy atom. The van der Waals surface area contributed by atoms with Gasteiger partial charge in [0, 0.05) is 25.7 Å². The summed E-state index contributed by atoms with van der Waals surface area (Å²) in [6.07, 6.45) is 1.80. The summed E-state index contributed by atoms with van der Waals surface area (Å²) in [5.74, 6) is 1.71. The number of rotatable bonds is 3. The van der Waals surface area contributed by atoms with Crippen LogP contribution in [0.4, 0.5) is 4.79 Å². The molecule has 1 heterocycles. The highest BCUT2D eigenvalue weighted by Gasteiger charge is 2.35. The van der Waals surface area contributed by atoms with E-state index < -0.39 is 5.60 Å². The molecule has 0 bridgehead atoms. The number of ether oxygens (including phenoxy) is 1. The quantitative estimate of drug-likeness (QED) is 0.618. The van der Waals surface area contributed by atoms with E-state index in [1.165, 1.54) is 6.42 Å². The summed E-state index contributed by atoms with van der Waals surface area (Å²) in [5.41, 5.74) is -0.457. The van der Waals surface area contributed by atoms with Gasteiger partial charge < -0.3 is 20.3 Å². The van der Waals surface area contributed by atoms with Crippen LogP contribution in [0.3, 0.4) is 0 Å². The molecular weight excluding hydrogens is 280 g/mol. The number of hydrogen-bond donors (Lipinski definition) is 2. The number of nitrogens with one attached hydrogen (secondary N) is 2. The molecule has 2 rings (SSSR count). The number of amides is 1. The molecule has 1 aliphatic carbocycles. The Bertz CT molecular complexity index is 430. The Morgan fingerprint density at radius 1 is 1.36 bits per heavy atom. The second-order valence-corrected chi connectivity index (χ2v) is 7.34. The number of carbonyl (C=O) groups is 1. The average molecular weight is 310 g/mol. The number of hydrogen-bond acceptors (Lipinski definition) is 3. The van der Waals surface area contributed by atoms with E-state index in [4.69, 9.17) is 4.74 Å². The first-order valence-electron chi connectivity index (χ1n) is 8.34. The first kappa shape index (κ1) is 16.9. The molecule has 3 atom stereocenters. The first-order valence-corrected chi connectivity index (χ1v) is 8.34. The van der Waals surface area contributed by atoms with Gasteiger partial charge in [-0.25, -0.2) is 4.79 Å². The maximum absolute atomic E-state index is 11.8. The van der Waals surface area contributed by atoms with Gasteiger partial charge in [-0.2, -0.15) is 0 Å². The van der Waals surface area contributed by atoms with E-state index in [9.17, 15) is 4.79 Å². The van der Waals surface area contributed by atoms with Gasteiger partial charge >= 0.3 is 6.09 Å². The summed E-state index contributed by atoms with van der Waals surface area (Å²) in [5, 5.41) is 6.48. The lowest BCUT2D eigenvalue weighted by Crippen LogP contribution is -2.45. The minimum atomic E-state index is -0.457. The monoisotopic (exact) mass is 310 g/mol. The highest BCUT2D eigenvalue weighted by Crippen LogP contribution is 2.29. The van der Waals surface area contributed by atoms with Crippen LogP contribution in [0.15, 0.2) is 4.99 Å². The van der Waals surface area contributed by atoms with Gasteiger partial charge in [-0.3, -0.25) is 4.99 Å². The van der Waals surface area contributed by atoms with Crippen molar-refractivity contribution in [3.8, 4) is 0 Å². The molecule has 1 saturated carbocycles. The van der Waals surface area contributed by atoms with Crippen molar-refractivity contribution in [3.05, 3.63) is 0 Å². The molecule has 0 radical (unpaired) electrons. The smallest absolute Gasteiger partial charge is 0.407 e. The van der Waals surface area contributed by atoms with Crippen LogP contribution in [0.2, 0.25) is 0 Å². The number of guanidine groups is 1. The van der Waals surface area contributed by atoms with Crippen LogP contribution in [0.5, 0.6) is 0 Å². The molecule has 2 aliphatic rings. The number of alkyl carbamates (subject to hydrolysis) is 1. The van der Waals surface area contributed by atoms with Crippen molar-refractivity contribution in [2.75, 3.05) is 19.6 Å². The second-order valence-electron chi connectivity index (χ2n) is 7.34. The van der Waals surface area contributed by atoms with Crippen molar-refractivity contribution in [2.45, 2.75) is 65.1 Å². The van der Waals surface area contributed by atoms with Crippen molar-refractivity contribution < 1.29 is 9.53 Å². The number of likely N-dealkylation sites (tertiary alicyclic amines) is 1. The summed E-state index contributed by atoms with van der Waals surface area (Å²) in [6.45, 7) is 12.4. The van der Waals surface area contributed by atoms with Crippen molar-refractivity contribution >= 4 is 12.1 Å². The summed E-state index contributed by atoms with van der Waals surface area (Å²) >= 11 is 0. The molecule has 2 fully saturated rings. The van der Waals surface area contributed by atoms with Crippen LogP contribution in [-0.4, -0.2) is 54.3 Å². The normalized spacial score (nSPS) is 28.5. The molecule has 0 aromatic heterocycles. The third-order valence-corrected chi connectivity index (χ3v) is 3.94. The average Bonchev–Trinajstić information content (AvgIpc) is 2.87. The van der Waals surface area contributed by atoms with Gasteiger partial charge in [0.15, 0.2) is 5.96 Å². The third-order valence-electron chi connectivity index (χ3n) is 3.94. The summed E-state index contributed by atoms with van der Waals surface area (Å²) in [7, 11) is 0. The van der Waals surface area contributed by atoms with Crippen molar-refractivity contribution in [1.29, 1.82) is 0 Å². The summed E-state index contributed by atoms with van der Waals surface area (Å²) < 4.78 is 5.32. The molecule has 3 unspecified atom stereocenters. The lowest BCUT2D eigenvalue weighted by Gasteiger charge is -2.23. The van der Waals surface area contributed by atoms with E-state index in [0.717, 1.165) is 37.9 Å². The Labute approximate surface area is 133 Å². The lowest BCUT2D eigenvalue weighted by molar-refractivity contribution is 0.0507. The fourth-order valence-corrected chi connectivity index (χ4v) is 2.62. The maximum atomic E-state index is 11.8. The zero-order valence-electron chi connectivity index (χ0n) is 14.5. The molecule has 6 heteroatoms. The predicted molar refractivity (Wildman–Crippen MR) is 88.0 cm³/mol. The lowest BCUT2D eigenvalue weighted by atomic mass is 10.2. The van der Waals surface area contributed by atoms with Crippen LogP contribution in [-0.2, 0) is 4.74 Å². The Balaban J connectivity index is 1.82. The largest absolute Gasteiger partial charge is 0.444 e. The number of carbonyl (C=O) groups excluding carboxylic acids is 1. The van der Waals surface area contributed by atoms with Gasteiger partial charge in [0.25, 0.3) is 0 Å². The fourth-order valence-electron chi connectivity index (χ4n) is 2.62. The molecule has 1 amide bonds. The van der Waals surface area contributed by atoms with Crippen LogP contribution in [0.1, 0.15) is 47.5 Å². The van der Waals surface area contributed by atoms with E-state index in [1.807, 2.05) is 27.7 Å². The Hall–Kier alpha value is -1.46. The molecule has 2 N–H and O–H groups in total. The third kappa shape index (κ3) is 5.07. The predicted octanol–water partition coefficient (Wildman–Crippen LogP) is 1.96. The van der Waals surface area contributed by atoms with Crippen molar-refractivity contribution in [2.24, 2.45) is 10.9 Å². The van der Waals surface area contributed by atoms with E-state index in [1.54, 1.807) is 0 Å². The van der Waals surface area contributed by atoms with E-state index in [0.29, 0.717) is 6.04 Å². The summed E-state index contributed by atoms with van der Waals surface area (Å²) in [6, 6.07) is 0.679. The van der Waals surface area contributed by atoms with Gasteiger partial charge in [0.1, 0.15) is 5.60 Å². The standard InChI is InChI=1S/C16H30N4O2/c1-6-17-14(19-13-9-11(13)2)20-8-7-12(10-20)18-15(21)22-16(3,4)5/h11-13H,6-10H2,1-5H3,(H,17,19)(H,18,21). The molecule has 0 spiro atoms. The molecule has 0 aromatic rings. The van der Waals surface area contributed by atoms with Gasteiger partial charge in [0.2, 0.25) is 0 Å². The minimum absolute atomic E-state index is 0.121.